The van der Waals surface area contributed by atoms with Crippen LogP contribution in [-0.4, -0.2) is 43.6 Å². The van der Waals surface area contributed by atoms with Gasteiger partial charge in [-0.3, -0.25) is 4.79 Å². The van der Waals surface area contributed by atoms with E-state index in [2.05, 4.69) is 0 Å². The highest BCUT2D eigenvalue weighted by molar-refractivity contribution is 5.94. The summed E-state index contributed by atoms with van der Waals surface area (Å²) in [5.74, 6) is -1.04. The van der Waals surface area contributed by atoms with Gasteiger partial charge >= 0.3 is 5.97 Å². The van der Waals surface area contributed by atoms with Crippen molar-refractivity contribution in [2.24, 2.45) is 5.92 Å². The zero-order chi connectivity index (χ0) is 18.6. The number of carbonyl (C=O) groups is 2. The molecular weight excluding hydrogens is 329 g/mol. The molecule has 1 heterocycles. The van der Waals surface area contributed by atoms with Gasteiger partial charge in [0.1, 0.15) is 11.8 Å². The largest absolute Gasteiger partial charge is 0.494 e. The lowest BCUT2D eigenvalue weighted by Gasteiger charge is -2.27. The Bertz CT molecular complexity index is 686. The lowest BCUT2D eigenvalue weighted by molar-refractivity contribution is -0.151. The molecule has 0 aromatic heterocycles. The first-order chi connectivity index (χ1) is 11.9. The van der Waals surface area contributed by atoms with Crippen molar-refractivity contribution in [2.75, 3.05) is 20.8 Å². The molecule has 1 aromatic carbocycles. The fourth-order valence-corrected chi connectivity index (χ4v) is 2.64. The van der Waals surface area contributed by atoms with E-state index >= 15 is 0 Å². The maximum atomic E-state index is 14.2. The summed E-state index contributed by atoms with van der Waals surface area (Å²) in [5, 5.41) is 0. The average Bonchev–Trinajstić information content (AvgIpc) is 2.94. The number of carbonyl (C=O) groups excluding carboxylic acids is 2. The van der Waals surface area contributed by atoms with Crippen molar-refractivity contribution in [3.63, 3.8) is 0 Å². The molecule has 1 aliphatic rings. The maximum absolute atomic E-state index is 14.2. The first kappa shape index (κ1) is 18.8. The molecule has 0 N–H and O–H groups in total. The highest BCUT2D eigenvalue weighted by Crippen LogP contribution is 2.29. The smallest absolute Gasteiger partial charge is 0.328 e. The first-order valence-corrected chi connectivity index (χ1v) is 7.96. The highest BCUT2D eigenvalue weighted by Gasteiger charge is 2.35. The van der Waals surface area contributed by atoms with Crippen LogP contribution in [0.3, 0.4) is 0 Å². The van der Waals surface area contributed by atoms with Crippen LogP contribution in [0.5, 0.6) is 11.5 Å². The van der Waals surface area contributed by atoms with Crippen molar-refractivity contribution in [1.29, 1.82) is 0 Å². The van der Waals surface area contributed by atoms with Crippen LogP contribution in [0, 0.1) is 11.7 Å². The number of rotatable bonds is 7. The molecule has 0 bridgehead atoms. The molecule has 0 radical (unpaired) electrons. The second-order valence-corrected chi connectivity index (χ2v) is 6.12. The number of methoxy groups -OCH3 is 2. The summed E-state index contributed by atoms with van der Waals surface area (Å²) in [6, 6.07) is 3.80. The molecule has 0 saturated heterocycles. The number of esters is 1. The maximum Gasteiger partial charge on any atom is 0.328 e. The first-order valence-electron chi connectivity index (χ1n) is 7.96. The molecule has 0 fully saturated rings. The quantitative estimate of drug-likeness (QED) is 0.706. The van der Waals surface area contributed by atoms with Crippen molar-refractivity contribution in [3.8, 4) is 11.5 Å². The van der Waals surface area contributed by atoms with Crippen LogP contribution >= 0.6 is 0 Å². The standard InChI is InChI=1S/C18H22FNO5/c1-11(2)8-13(18(22)24-4)20-10-12(9-16(20)21)25-15-7-5-6-14(23-3)17(15)19/h5-7,9,11,13H,8,10H2,1-4H3. The van der Waals surface area contributed by atoms with Crippen molar-refractivity contribution in [2.45, 2.75) is 26.3 Å². The summed E-state index contributed by atoms with van der Waals surface area (Å²) in [5.41, 5.74) is 0. The predicted octanol–water partition coefficient (Wildman–Crippen LogP) is 2.53. The molecule has 2 rings (SSSR count). The van der Waals surface area contributed by atoms with E-state index < -0.39 is 17.8 Å². The van der Waals surface area contributed by atoms with E-state index in [0.29, 0.717) is 6.42 Å². The molecule has 0 spiro atoms. The van der Waals surface area contributed by atoms with Gasteiger partial charge in [-0.05, 0) is 24.5 Å². The Kier molecular flexibility index (Phi) is 6.01. The van der Waals surface area contributed by atoms with Gasteiger partial charge in [-0.1, -0.05) is 19.9 Å². The minimum absolute atomic E-state index is 0.0428. The number of nitrogens with zero attached hydrogens (tertiary/aromatic N) is 1. The third-order valence-electron chi connectivity index (χ3n) is 3.83. The molecule has 25 heavy (non-hydrogen) atoms. The van der Waals surface area contributed by atoms with E-state index in [1.54, 1.807) is 6.07 Å². The molecule has 0 aliphatic carbocycles. The van der Waals surface area contributed by atoms with Crippen LogP contribution in [-0.2, 0) is 14.3 Å². The summed E-state index contributed by atoms with van der Waals surface area (Å²) in [6.45, 7) is 3.97. The summed E-state index contributed by atoms with van der Waals surface area (Å²) < 4.78 is 29.4. The number of benzene rings is 1. The normalized spacial score (nSPS) is 15.2. The summed E-state index contributed by atoms with van der Waals surface area (Å²) in [4.78, 5) is 25.7. The molecule has 1 amide bonds. The Morgan fingerprint density at radius 2 is 1.96 bits per heavy atom. The zero-order valence-electron chi connectivity index (χ0n) is 14.7. The molecule has 0 saturated carbocycles. The molecule has 1 aromatic rings. The third kappa shape index (κ3) is 4.29. The van der Waals surface area contributed by atoms with Crippen molar-refractivity contribution >= 4 is 11.9 Å². The molecule has 1 unspecified atom stereocenters. The van der Waals surface area contributed by atoms with E-state index in [1.165, 1.54) is 37.3 Å². The van der Waals surface area contributed by atoms with E-state index in [0.717, 1.165) is 0 Å². The summed E-state index contributed by atoms with van der Waals surface area (Å²) >= 11 is 0. The van der Waals surface area contributed by atoms with Gasteiger partial charge in [0.25, 0.3) is 5.91 Å². The van der Waals surface area contributed by atoms with Crippen LogP contribution in [0.1, 0.15) is 20.3 Å². The monoisotopic (exact) mass is 351 g/mol. The second kappa shape index (κ2) is 8.00. The van der Waals surface area contributed by atoms with Gasteiger partial charge in [0.2, 0.25) is 5.82 Å². The van der Waals surface area contributed by atoms with Crippen LogP contribution < -0.4 is 9.47 Å². The van der Waals surface area contributed by atoms with Crippen LogP contribution in [0.15, 0.2) is 30.0 Å². The number of halogens is 1. The van der Waals surface area contributed by atoms with Gasteiger partial charge in [0, 0.05) is 6.08 Å². The minimum atomic E-state index is -0.704. The van der Waals surface area contributed by atoms with E-state index in [1.807, 2.05) is 13.8 Å². The summed E-state index contributed by atoms with van der Waals surface area (Å²) in [7, 11) is 2.64. The SMILES string of the molecule is COC(=O)C(CC(C)C)N1CC(Oc2cccc(OC)c2F)=CC1=O. The Hall–Kier alpha value is -2.57. The lowest BCUT2D eigenvalue weighted by Crippen LogP contribution is -2.44. The molecule has 136 valence electrons. The minimum Gasteiger partial charge on any atom is -0.494 e. The van der Waals surface area contributed by atoms with Gasteiger partial charge < -0.3 is 19.1 Å². The molecule has 7 heteroatoms. The fourth-order valence-electron chi connectivity index (χ4n) is 2.64. The zero-order valence-corrected chi connectivity index (χ0v) is 14.7. The topological polar surface area (TPSA) is 65.1 Å². The number of hydrogen-bond donors (Lipinski definition) is 0. The Morgan fingerprint density at radius 3 is 2.56 bits per heavy atom. The van der Waals surface area contributed by atoms with E-state index in [-0.39, 0.29) is 35.6 Å². The molecular formula is C18H22FNO5. The number of hydrogen-bond acceptors (Lipinski definition) is 5. The molecule has 1 atom stereocenters. The van der Waals surface area contributed by atoms with Crippen LogP contribution in [0.4, 0.5) is 4.39 Å². The highest BCUT2D eigenvalue weighted by atomic mass is 19.1. The van der Waals surface area contributed by atoms with Crippen molar-refractivity contribution in [3.05, 3.63) is 35.9 Å². The Labute approximate surface area is 146 Å². The van der Waals surface area contributed by atoms with Crippen LogP contribution in [0.2, 0.25) is 0 Å². The van der Waals surface area contributed by atoms with Gasteiger partial charge in [-0.2, -0.15) is 4.39 Å². The van der Waals surface area contributed by atoms with Crippen molar-refractivity contribution < 1.29 is 28.2 Å². The van der Waals surface area contributed by atoms with Gasteiger partial charge in [0.15, 0.2) is 11.5 Å². The second-order valence-electron chi connectivity index (χ2n) is 6.12. The number of ether oxygens (including phenoxy) is 3. The van der Waals surface area contributed by atoms with E-state index in [4.69, 9.17) is 14.2 Å². The molecule has 1 aliphatic heterocycles. The van der Waals surface area contributed by atoms with Crippen LogP contribution in [0.25, 0.3) is 0 Å². The van der Waals surface area contributed by atoms with Crippen molar-refractivity contribution in [1.82, 2.24) is 4.90 Å². The average molecular weight is 351 g/mol. The number of amides is 1. The Morgan fingerprint density at radius 1 is 1.28 bits per heavy atom. The predicted molar refractivity (Wildman–Crippen MR) is 88.6 cm³/mol. The van der Waals surface area contributed by atoms with E-state index in [9.17, 15) is 14.0 Å². The molecule has 6 nitrogen and oxygen atoms in total. The Balaban J connectivity index is 2.15. The van der Waals surface area contributed by atoms with Gasteiger partial charge in [-0.15, -0.1) is 0 Å². The van der Waals surface area contributed by atoms with Gasteiger partial charge in [-0.25, -0.2) is 4.79 Å². The van der Waals surface area contributed by atoms with Gasteiger partial charge in [0.05, 0.1) is 20.8 Å². The fraction of sp³-hybridized carbons (Fsp3) is 0.444. The summed E-state index contributed by atoms with van der Waals surface area (Å²) in [6.07, 6.45) is 1.72. The third-order valence-corrected chi connectivity index (χ3v) is 3.83. The lowest BCUT2D eigenvalue weighted by atomic mass is 10.0.